The number of benzene rings is 1. The molecule has 1 amide bonds. The summed E-state index contributed by atoms with van der Waals surface area (Å²) in [5.74, 6) is 1.27. The van der Waals surface area contributed by atoms with Crippen LogP contribution in [-0.4, -0.2) is 32.0 Å². The van der Waals surface area contributed by atoms with E-state index in [1.807, 2.05) is 13.0 Å². The topological polar surface area (TPSA) is 81.9 Å². The normalized spacial score (nSPS) is 10.3. The van der Waals surface area contributed by atoms with Gasteiger partial charge in [-0.15, -0.1) is 0 Å². The van der Waals surface area contributed by atoms with Gasteiger partial charge in [0.2, 0.25) is 0 Å². The second-order valence-electron chi connectivity index (χ2n) is 4.61. The molecule has 0 radical (unpaired) electrons. The average Bonchev–Trinajstić information content (AvgIpc) is 3.10. The average molecular weight is 309 g/mol. The molecule has 116 valence electrons. The lowest BCUT2D eigenvalue weighted by Gasteiger charge is -2.10. The van der Waals surface area contributed by atoms with E-state index in [-0.39, 0.29) is 5.91 Å². The van der Waals surface area contributed by atoms with E-state index >= 15 is 0 Å². The van der Waals surface area contributed by atoms with Crippen LogP contribution in [0.25, 0.3) is 5.82 Å². The number of para-hydroxylation sites is 1. The lowest BCUT2D eigenvalue weighted by atomic mass is 10.2. The van der Waals surface area contributed by atoms with Crippen molar-refractivity contribution in [2.24, 2.45) is 0 Å². The molecule has 2 heterocycles. The number of amides is 1. The van der Waals surface area contributed by atoms with Crippen molar-refractivity contribution in [3.05, 3.63) is 60.9 Å². The number of carbonyl (C=O) groups excluding carboxylic acids is 1. The summed E-state index contributed by atoms with van der Waals surface area (Å²) in [5, 5.41) is 2.76. The van der Waals surface area contributed by atoms with Crippen LogP contribution >= 0.6 is 0 Å². The fourth-order valence-electron chi connectivity index (χ4n) is 2.07. The van der Waals surface area contributed by atoms with Gasteiger partial charge in [0.25, 0.3) is 5.91 Å². The molecule has 0 fully saturated rings. The zero-order valence-corrected chi connectivity index (χ0v) is 12.5. The second-order valence-corrected chi connectivity index (χ2v) is 4.61. The highest BCUT2D eigenvalue weighted by molar-refractivity contribution is 6.05. The molecule has 3 aromatic rings. The van der Waals surface area contributed by atoms with Gasteiger partial charge < -0.3 is 10.1 Å². The number of rotatable bonds is 5. The standard InChI is InChI=1S/C16H15N5O2/c1-2-23-13-6-4-3-5-12(13)16(22)20-14-9-15(19-10-18-14)21-8-7-17-11-21/h3-11H,2H2,1H3,(H,18,19,20,22). The fraction of sp³-hybridized carbons (Fsp3) is 0.125. The van der Waals surface area contributed by atoms with E-state index < -0.39 is 0 Å². The summed E-state index contributed by atoms with van der Waals surface area (Å²) in [7, 11) is 0. The van der Waals surface area contributed by atoms with Gasteiger partial charge in [-0.3, -0.25) is 9.36 Å². The molecule has 23 heavy (non-hydrogen) atoms. The molecule has 2 aromatic heterocycles. The molecule has 1 aromatic carbocycles. The van der Waals surface area contributed by atoms with Gasteiger partial charge >= 0.3 is 0 Å². The predicted molar refractivity (Wildman–Crippen MR) is 84.7 cm³/mol. The summed E-state index contributed by atoms with van der Waals surface area (Å²) >= 11 is 0. The molecule has 3 rings (SSSR count). The van der Waals surface area contributed by atoms with Crippen molar-refractivity contribution >= 4 is 11.7 Å². The van der Waals surface area contributed by atoms with Gasteiger partial charge in [-0.05, 0) is 19.1 Å². The lowest BCUT2D eigenvalue weighted by molar-refractivity contribution is 0.102. The summed E-state index contributed by atoms with van der Waals surface area (Å²) in [6.45, 7) is 2.36. The van der Waals surface area contributed by atoms with E-state index in [0.29, 0.717) is 29.6 Å². The van der Waals surface area contributed by atoms with Gasteiger partial charge in [-0.1, -0.05) is 12.1 Å². The zero-order valence-electron chi connectivity index (χ0n) is 12.5. The minimum atomic E-state index is -0.288. The number of ether oxygens (including phenoxy) is 1. The molecule has 7 heteroatoms. The Labute approximate surface area is 133 Å². The fourth-order valence-corrected chi connectivity index (χ4v) is 2.07. The molecular formula is C16H15N5O2. The first-order valence-electron chi connectivity index (χ1n) is 7.11. The molecule has 0 unspecified atom stereocenters. The molecule has 0 aliphatic rings. The van der Waals surface area contributed by atoms with Gasteiger partial charge in [-0.2, -0.15) is 0 Å². The maximum Gasteiger partial charge on any atom is 0.260 e. The largest absolute Gasteiger partial charge is 0.493 e. The molecular weight excluding hydrogens is 294 g/mol. The van der Waals surface area contributed by atoms with Gasteiger partial charge in [0.05, 0.1) is 12.2 Å². The van der Waals surface area contributed by atoms with Crippen LogP contribution in [0.3, 0.4) is 0 Å². The Kier molecular flexibility index (Phi) is 4.28. The number of hydrogen-bond acceptors (Lipinski definition) is 5. The molecule has 0 aliphatic carbocycles. The van der Waals surface area contributed by atoms with Crippen molar-refractivity contribution in [3.8, 4) is 11.6 Å². The molecule has 0 saturated carbocycles. The van der Waals surface area contributed by atoms with Crippen LogP contribution in [0.4, 0.5) is 5.82 Å². The Morgan fingerprint density at radius 1 is 1.30 bits per heavy atom. The van der Waals surface area contributed by atoms with Crippen LogP contribution in [0.5, 0.6) is 5.75 Å². The second kappa shape index (κ2) is 6.69. The number of nitrogens with one attached hydrogen (secondary N) is 1. The highest BCUT2D eigenvalue weighted by atomic mass is 16.5. The maximum absolute atomic E-state index is 12.4. The van der Waals surface area contributed by atoms with E-state index in [2.05, 4.69) is 20.3 Å². The minimum absolute atomic E-state index is 0.288. The lowest BCUT2D eigenvalue weighted by Crippen LogP contribution is -2.15. The Bertz CT molecular complexity index is 802. The van der Waals surface area contributed by atoms with Crippen LogP contribution in [0.1, 0.15) is 17.3 Å². The first-order chi connectivity index (χ1) is 11.3. The molecule has 0 spiro atoms. The van der Waals surface area contributed by atoms with Gasteiger partial charge in [0.15, 0.2) is 0 Å². The van der Waals surface area contributed by atoms with Crippen LogP contribution in [0.15, 0.2) is 55.4 Å². The monoisotopic (exact) mass is 309 g/mol. The molecule has 0 atom stereocenters. The van der Waals surface area contributed by atoms with Crippen molar-refractivity contribution < 1.29 is 9.53 Å². The highest BCUT2D eigenvalue weighted by Gasteiger charge is 2.13. The zero-order chi connectivity index (χ0) is 16.1. The van der Waals surface area contributed by atoms with Gasteiger partial charge in [0, 0.05) is 18.5 Å². The molecule has 1 N–H and O–H groups in total. The minimum Gasteiger partial charge on any atom is -0.493 e. The van der Waals surface area contributed by atoms with Gasteiger partial charge in [0.1, 0.15) is 30.0 Å². The summed E-state index contributed by atoms with van der Waals surface area (Å²) in [5.41, 5.74) is 0.456. The summed E-state index contributed by atoms with van der Waals surface area (Å²) in [6, 6.07) is 8.74. The van der Waals surface area contributed by atoms with Crippen molar-refractivity contribution in [1.82, 2.24) is 19.5 Å². The summed E-state index contributed by atoms with van der Waals surface area (Å²) in [4.78, 5) is 24.6. The maximum atomic E-state index is 12.4. The van der Waals surface area contributed by atoms with Crippen LogP contribution in [0.2, 0.25) is 0 Å². The van der Waals surface area contributed by atoms with E-state index in [1.54, 1.807) is 47.6 Å². The quantitative estimate of drug-likeness (QED) is 0.782. The van der Waals surface area contributed by atoms with Crippen molar-refractivity contribution in [3.63, 3.8) is 0 Å². The molecule has 0 saturated heterocycles. The van der Waals surface area contributed by atoms with Crippen LogP contribution in [0, 0.1) is 0 Å². The molecule has 0 bridgehead atoms. The third kappa shape index (κ3) is 3.34. The summed E-state index contributed by atoms with van der Waals surface area (Å²) in [6.07, 6.45) is 6.43. The third-order valence-electron chi connectivity index (χ3n) is 3.09. The van der Waals surface area contributed by atoms with E-state index in [1.165, 1.54) is 6.33 Å². The van der Waals surface area contributed by atoms with E-state index in [0.717, 1.165) is 0 Å². The Morgan fingerprint density at radius 3 is 2.96 bits per heavy atom. The van der Waals surface area contributed by atoms with Crippen molar-refractivity contribution in [1.29, 1.82) is 0 Å². The van der Waals surface area contributed by atoms with Crippen LogP contribution < -0.4 is 10.1 Å². The van der Waals surface area contributed by atoms with E-state index in [9.17, 15) is 4.79 Å². The first kappa shape index (κ1) is 14.7. The predicted octanol–water partition coefficient (Wildman–Crippen LogP) is 2.31. The van der Waals surface area contributed by atoms with E-state index in [4.69, 9.17) is 4.74 Å². The third-order valence-corrected chi connectivity index (χ3v) is 3.09. The van der Waals surface area contributed by atoms with Crippen molar-refractivity contribution in [2.45, 2.75) is 6.92 Å². The number of imidazole rings is 1. The summed E-state index contributed by atoms with van der Waals surface area (Å²) < 4.78 is 7.20. The number of carbonyl (C=O) groups is 1. The van der Waals surface area contributed by atoms with Crippen molar-refractivity contribution in [2.75, 3.05) is 11.9 Å². The number of nitrogens with zero attached hydrogens (tertiary/aromatic N) is 4. The van der Waals surface area contributed by atoms with Gasteiger partial charge in [-0.25, -0.2) is 15.0 Å². The Hall–Kier alpha value is -3.22. The SMILES string of the molecule is CCOc1ccccc1C(=O)Nc1cc(-n2ccnc2)ncn1. The first-order valence-corrected chi connectivity index (χ1v) is 7.11. The molecule has 0 aliphatic heterocycles. The Balaban J connectivity index is 1.82. The number of hydrogen-bond donors (Lipinski definition) is 1. The molecule has 7 nitrogen and oxygen atoms in total. The smallest absolute Gasteiger partial charge is 0.260 e. The highest BCUT2D eigenvalue weighted by Crippen LogP contribution is 2.19. The Morgan fingerprint density at radius 2 is 2.17 bits per heavy atom. The van der Waals surface area contributed by atoms with Crippen LogP contribution in [-0.2, 0) is 0 Å². The number of anilines is 1. The number of aromatic nitrogens is 4.